The molecule has 0 radical (unpaired) electrons. The Kier molecular flexibility index (Phi) is 7.33. The summed E-state index contributed by atoms with van der Waals surface area (Å²) < 4.78 is 25.3. The van der Waals surface area contributed by atoms with Crippen molar-refractivity contribution >= 4 is 18.5 Å². The maximum Gasteiger partial charge on any atom is 0.355 e. The summed E-state index contributed by atoms with van der Waals surface area (Å²) in [6, 6.07) is 22.8. The number of rotatable bonds is 9. The predicted molar refractivity (Wildman–Crippen MR) is 111 cm³/mol. The lowest BCUT2D eigenvalue weighted by molar-refractivity contribution is -0.141. The van der Waals surface area contributed by atoms with Crippen molar-refractivity contribution in [3.63, 3.8) is 0 Å². The molecule has 0 saturated heterocycles. The Hall–Kier alpha value is -3.93. The van der Waals surface area contributed by atoms with Crippen molar-refractivity contribution < 1.29 is 23.5 Å². The van der Waals surface area contributed by atoms with Crippen LogP contribution in [-0.2, 0) is 27.5 Å². The lowest BCUT2D eigenvalue weighted by Crippen LogP contribution is -2.21. The molecular formula is C24H20FNO4. The number of halogens is 1. The van der Waals surface area contributed by atoms with Gasteiger partial charge in [-0.25, -0.2) is 9.18 Å². The summed E-state index contributed by atoms with van der Waals surface area (Å²) in [5, 5.41) is 2.32. The average molecular weight is 405 g/mol. The Bertz CT molecular complexity index is 1020. The molecule has 3 aromatic carbocycles. The number of hydrogen-bond acceptors (Lipinski definition) is 4. The Morgan fingerprint density at radius 3 is 2.13 bits per heavy atom. The Labute approximate surface area is 173 Å². The largest absolute Gasteiger partial charge is 0.485 e. The van der Waals surface area contributed by atoms with Gasteiger partial charge >= 0.3 is 5.97 Å². The van der Waals surface area contributed by atoms with Gasteiger partial charge < -0.3 is 14.8 Å². The van der Waals surface area contributed by atoms with E-state index in [1.807, 2.05) is 60.7 Å². The predicted octanol–water partition coefficient (Wildman–Crippen LogP) is 4.24. The fourth-order valence-corrected chi connectivity index (χ4v) is 2.70. The smallest absolute Gasteiger partial charge is 0.355 e. The first-order valence-electron chi connectivity index (χ1n) is 9.25. The molecule has 0 aliphatic rings. The number of ether oxygens (including phenoxy) is 2. The standard InChI is InChI=1S/C24H20FNO4/c25-21-13-7-12-20(23(21)29-15-18-8-3-1-4-9-18)14-22(26-17-27)24(28)30-16-19-10-5-2-6-11-19/h1-14,17H,15-16H2,(H,26,27)/b22-14-. The minimum Gasteiger partial charge on any atom is -0.485 e. The lowest BCUT2D eigenvalue weighted by atomic mass is 10.1. The van der Waals surface area contributed by atoms with Crippen LogP contribution in [0.5, 0.6) is 5.75 Å². The van der Waals surface area contributed by atoms with Crippen molar-refractivity contribution in [2.45, 2.75) is 13.2 Å². The molecular weight excluding hydrogens is 385 g/mol. The van der Waals surface area contributed by atoms with Crippen LogP contribution in [0.25, 0.3) is 6.08 Å². The van der Waals surface area contributed by atoms with Crippen LogP contribution in [0.4, 0.5) is 4.39 Å². The molecule has 0 bridgehead atoms. The van der Waals surface area contributed by atoms with Gasteiger partial charge in [-0.1, -0.05) is 72.8 Å². The number of hydrogen-bond donors (Lipinski definition) is 1. The maximum atomic E-state index is 14.4. The number of nitrogens with one attached hydrogen (secondary N) is 1. The summed E-state index contributed by atoms with van der Waals surface area (Å²) in [5.41, 5.74) is 1.83. The third kappa shape index (κ3) is 5.78. The zero-order chi connectivity index (χ0) is 21.2. The highest BCUT2D eigenvalue weighted by Crippen LogP contribution is 2.26. The van der Waals surface area contributed by atoms with Crippen LogP contribution in [0.2, 0.25) is 0 Å². The van der Waals surface area contributed by atoms with E-state index in [1.54, 1.807) is 6.07 Å². The zero-order valence-corrected chi connectivity index (χ0v) is 16.1. The van der Waals surface area contributed by atoms with Crippen LogP contribution in [0.3, 0.4) is 0 Å². The van der Waals surface area contributed by atoms with Gasteiger partial charge in [0.25, 0.3) is 0 Å². The molecule has 0 saturated carbocycles. The summed E-state index contributed by atoms with van der Waals surface area (Å²) in [6.45, 7) is 0.190. The number of para-hydroxylation sites is 1. The highest BCUT2D eigenvalue weighted by molar-refractivity contribution is 5.95. The highest BCUT2D eigenvalue weighted by atomic mass is 19.1. The van der Waals surface area contributed by atoms with Crippen LogP contribution in [0.15, 0.2) is 84.6 Å². The maximum absolute atomic E-state index is 14.4. The number of carbonyl (C=O) groups is 2. The molecule has 3 rings (SSSR count). The molecule has 6 heteroatoms. The summed E-state index contributed by atoms with van der Waals surface area (Å²) in [6.07, 6.45) is 1.69. The molecule has 1 amide bonds. The summed E-state index contributed by atoms with van der Waals surface area (Å²) in [4.78, 5) is 23.4. The molecule has 3 aromatic rings. The molecule has 0 aliphatic heterocycles. The second kappa shape index (κ2) is 10.6. The minimum absolute atomic E-state index is 0.0255. The van der Waals surface area contributed by atoms with Gasteiger partial charge in [-0.3, -0.25) is 4.79 Å². The molecule has 1 N–H and O–H groups in total. The molecule has 30 heavy (non-hydrogen) atoms. The summed E-state index contributed by atoms with van der Waals surface area (Å²) >= 11 is 0. The van der Waals surface area contributed by atoms with E-state index in [9.17, 15) is 14.0 Å². The number of carbonyl (C=O) groups excluding carboxylic acids is 2. The van der Waals surface area contributed by atoms with Crippen LogP contribution in [0, 0.1) is 5.82 Å². The van der Waals surface area contributed by atoms with Gasteiger partial charge in [-0.15, -0.1) is 0 Å². The number of amides is 1. The highest BCUT2D eigenvalue weighted by Gasteiger charge is 2.15. The van der Waals surface area contributed by atoms with Gasteiger partial charge in [0.2, 0.25) is 6.41 Å². The minimum atomic E-state index is -0.746. The van der Waals surface area contributed by atoms with Crippen molar-refractivity contribution in [2.24, 2.45) is 0 Å². The number of benzene rings is 3. The van der Waals surface area contributed by atoms with Gasteiger partial charge in [0.05, 0.1) is 0 Å². The van der Waals surface area contributed by atoms with Crippen molar-refractivity contribution in [2.75, 3.05) is 0 Å². The average Bonchev–Trinajstić information content (AvgIpc) is 2.78. The first-order valence-corrected chi connectivity index (χ1v) is 9.25. The molecule has 0 aromatic heterocycles. The van der Waals surface area contributed by atoms with Crippen LogP contribution < -0.4 is 10.1 Å². The van der Waals surface area contributed by atoms with Crippen LogP contribution >= 0.6 is 0 Å². The normalized spacial score (nSPS) is 10.9. The second-order valence-corrected chi connectivity index (χ2v) is 6.31. The quantitative estimate of drug-likeness (QED) is 0.329. The van der Waals surface area contributed by atoms with Gasteiger partial charge in [-0.2, -0.15) is 0 Å². The molecule has 0 fully saturated rings. The molecule has 5 nitrogen and oxygen atoms in total. The third-order valence-corrected chi connectivity index (χ3v) is 4.17. The van der Waals surface area contributed by atoms with E-state index in [4.69, 9.17) is 9.47 Å². The Morgan fingerprint density at radius 2 is 1.50 bits per heavy atom. The van der Waals surface area contributed by atoms with E-state index in [2.05, 4.69) is 5.32 Å². The van der Waals surface area contributed by atoms with Crippen LogP contribution in [0.1, 0.15) is 16.7 Å². The topological polar surface area (TPSA) is 64.6 Å². The van der Waals surface area contributed by atoms with E-state index in [-0.39, 0.29) is 24.7 Å². The van der Waals surface area contributed by atoms with Crippen molar-refractivity contribution in [1.29, 1.82) is 0 Å². The molecule has 0 spiro atoms. The molecule has 152 valence electrons. The third-order valence-electron chi connectivity index (χ3n) is 4.17. The van der Waals surface area contributed by atoms with E-state index >= 15 is 0 Å². The van der Waals surface area contributed by atoms with E-state index < -0.39 is 11.8 Å². The zero-order valence-electron chi connectivity index (χ0n) is 16.1. The molecule has 0 heterocycles. The van der Waals surface area contributed by atoms with E-state index in [0.29, 0.717) is 12.0 Å². The van der Waals surface area contributed by atoms with Gasteiger partial charge in [0.1, 0.15) is 18.9 Å². The van der Waals surface area contributed by atoms with Crippen molar-refractivity contribution in [3.8, 4) is 5.75 Å². The van der Waals surface area contributed by atoms with Gasteiger partial charge in [0, 0.05) is 5.56 Å². The molecule has 0 atom stereocenters. The fourth-order valence-electron chi connectivity index (χ4n) is 2.70. The lowest BCUT2D eigenvalue weighted by Gasteiger charge is -2.12. The van der Waals surface area contributed by atoms with Gasteiger partial charge in [0.15, 0.2) is 11.6 Å². The molecule has 0 unspecified atom stereocenters. The summed E-state index contributed by atoms with van der Waals surface area (Å²) in [5.74, 6) is -1.35. The second-order valence-electron chi connectivity index (χ2n) is 6.31. The fraction of sp³-hybridized carbons (Fsp3) is 0.0833. The van der Waals surface area contributed by atoms with E-state index in [1.165, 1.54) is 18.2 Å². The molecule has 0 aliphatic carbocycles. The first kappa shape index (κ1) is 20.8. The Morgan fingerprint density at radius 1 is 0.867 bits per heavy atom. The monoisotopic (exact) mass is 405 g/mol. The SMILES string of the molecule is O=CN/C(=C\c1cccc(F)c1OCc1ccccc1)C(=O)OCc1ccccc1. The first-order chi connectivity index (χ1) is 14.7. The Balaban J connectivity index is 1.79. The van der Waals surface area contributed by atoms with Crippen molar-refractivity contribution in [3.05, 3.63) is 107 Å². The van der Waals surface area contributed by atoms with E-state index in [0.717, 1.165) is 11.1 Å². The van der Waals surface area contributed by atoms with Crippen molar-refractivity contribution in [1.82, 2.24) is 5.32 Å². The summed E-state index contributed by atoms with van der Waals surface area (Å²) in [7, 11) is 0. The van der Waals surface area contributed by atoms with Crippen LogP contribution in [-0.4, -0.2) is 12.4 Å². The van der Waals surface area contributed by atoms with Gasteiger partial charge in [-0.05, 0) is 23.3 Å². The number of esters is 1.